The molecule has 0 radical (unpaired) electrons. The largest absolute Gasteiger partial charge is 0.497 e. The Balaban J connectivity index is 1.78. The van der Waals surface area contributed by atoms with E-state index in [1.165, 1.54) is 12.8 Å². The van der Waals surface area contributed by atoms with E-state index in [0.29, 0.717) is 23.6 Å². The van der Waals surface area contributed by atoms with Crippen LogP contribution in [0.4, 0.5) is 5.69 Å². The smallest absolute Gasteiger partial charge is 0.168 e. The van der Waals surface area contributed by atoms with Crippen molar-refractivity contribution < 1.29 is 14.3 Å². The van der Waals surface area contributed by atoms with Gasteiger partial charge in [-0.2, -0.15) is 0 Å². The summed E-state index contributed by atoms with van der Waals surface area (Å²) in [6, 6.07) is 5.30. The highest BCUT2D eigenvalue weighted by Crippen LogP contribution is 2.43. The molecule has 2 fully saturated rings. The van der Waals surface area contributed by atoms with Crippen molar-refractivity contribution in [3.63, 3.8) is 0 Å². The molecule has 1 atom stereocenters. The molecule has 2 N–H and O–H groups in total. The fraction of sp³-hybridized carbons (Fsp3) is 0.588. The van der Waals surface area contributed by atoms with Gasteiger partial charge in [-0.15, -0.1) is 0 Å². The Morgan fingerprint density at radius 2 is 2.14 bits per heavy atom. The predicted molar refractivity (Wildman–Crippen MR) is 81.6 cm³/mol. The SMILES string of the molecule is COc1ccc(C(=O)C2CCOC3(CCCC3)C2)c(N)c1. The molecule has 1 unspecified atom stereocenters. The lowest BCUT2D eigenvalue weighted by atomic mass is 9.80. The van der Waals surface area contributed by atoms with E-state index < -0.39 is 0 Å². The van der Waals surface area contributed by atoms with E-state index in [1.54, 1.807) is 25.3 Å². The summed E-state index contributed by atoms with van der Waals surface area (Å²) in [4.78, 5) is 12.8. The van der Waals surface area contributed by atoms with Gasteiger partial charge in [0.2, 0.25) is 0 Å². The number of nitrogens with two attached hydrogens (primary N) is 1. The molecule has 2 aliphatic rings. The predicted octanol–water partition coefficient (Wildman–Crippen LogP) is 3.20. The average molecular weight is 289 g/mol. The zero-order valence-electron chi connectivity index (χ0n) is 12.6. The van der Waals surface area contributed by atoms with E-state index in [4.69, 9.17) is 15.2 Å². The molecule has 4 nitrogen and oxygen atoms in total. The lowest BCUT2D eigenvalue weighted by Crippen LogP contribution is -2.39. The number of methoxy groups -OCH3 is 1. The minimum absolute atomic E-state index is 0.0348. The second-order valence-electron chi connectivity index (χ2n) is 6.25. The quantitative estimate of drug-likeness (QED) is 0.685. The molecule has 4 heteroatoms. The molecule has 1 saturated heterocycles. The van der Waals surface area contributed by atoms with Crippen LogP contribution in [0.2, 0.25) is 0 Å². The van der Waals surface area contributed by atoms with Crippen LogP contribution in [-0.4, -0.2) is 25.1 Å². The first kappa shape index (κ1) is 14.4. The van der Waals surface area contributed by atoms with Crippen LogP contribution in [0.1, 0.15) is 48.9 Å². The first-order valence-corrected chi connectivity index (χ1v) is 7.75. The highest BCUT2D eigenvalue weighted by Gasteiger charge is 2.42. The topological polar surface area (TPSA) is 61.5 Å². The van der Waals surface area contributed by atoms with Gasteiger partial charge in [0.1, 0.15) is 5.75 Å². The molecular formula is C17H23NO3. The summed E-state index contributed by atoms with van der Waals surface area (Å²) in [7, 11) is 1.60. The number of carbonyl (C=O) groups excluding carboxylic acids is 1. The maximum atomic E-state index is 12.8. The highest BCUT2D eigenvalue weighted by molar-refractivity contribution is 6.02. The molecule has 1 aliphatic heterocycles. The third-order valence-corrected chi connectivity index (χ3v) is 4.90. The molecular weight excluding hydrogens is 266 g/mol. The molecule has 0 amide bonds. The van der Waals surface area contributed by atoms with Gasteiger partial charge in [-0.3, -0.25) is 4.79 Å². The fourth-order valence-corrected chi connectivity index (χ4v) is 3.73. The number of benzene rings is 1. The number of rotatable bonds is 3. The van der Waals surface area contributed by atoms with E-state index >= 15 is 0 Å². The molecule has 21 heavy (non-hydrogen) atoms. The Labute approximate surface area is 125 Å². The van der Waals surface area contributed by atoms with E-state index in [9.17, 15) is 4.79 Å². The zero-order chi connectivity index (χ0) is 14.9. The molecule has 0 aromatic heterocycles. The van der Waals surface area contributed by atoms with Gasteiger partial charge in [-0.1, -0.05) is 12.8 Å². The van der Waals surface area contributed by atoms with Gasteiger partial charge >= 0.3 is 0 Å². The number of nitrogen functional groups attached to an aromatic ring is 1. The molecule has 1 saturated carbocycles. The summed E-state index contributed by atoms with van der Waals surface area (Å²) < 4.78 is 11.1. The van der Waals surface area contributed by atoms with Crippen LogP contribution in [0.3, 0.4) is 0 Å². The number of hydrogen-bond acceptors (Lipinski definition) is 4. The van der Waals surface area contributed by atoms with Crippen molar-refractivity contribution >= 4 is 11.5 Å². The van der Waals surface area contributed by atoms with Crippen molar-refractivity contribution in [3.05, 3.63) is 23.8 Å². The minimum atomic E-state index is -0.0419. The van der Waals surface area contributed by atoms with Crippen molar-refractivity contribution in [1.29, 1.82) is 0 Å². The second-order valence-corrected chi connectivity index (χ2v) is 6.25. The van der Waals surface area contributed by atoms with Gasteiger partial charge in [0.05, 0.1) is 12.7 Å². The monoisotopic (exact) mass is 289 g/mol. The van der Waals surface area contributed by atoms with E-state index in [0.717, 1.165) is 25.7 Å². The Hall–Kier alpha value is -1.55. The molecule has 1 spiro atoms. The first-order valence-electron chi connectivity index (χ1n) is 7.75. The van der Waals surface area contributed by atoms with E-state index in [1.807, 2.05) is 0 Å². The van der Waals surface area contributed by atoms with Crippen molar-refractivity contribution in [3.8, 4) is 5.75 Å². The summed E-state index contributed by atoms with van der Waals surface area (Å²) in [5, 5.41) is 0. The number of ketones is 1. The van der Waals surface area contributed by atoms with Crippen LogP contribution in [0.5, 0.6) is 5.75 Å². The van der Waals surface area contributed by atoms with Gasteiger partial charge in [-0.05, 0) is 37.8 Å². The Bertz CT molecular complexity index is 535. The summed E-state index contributed by atoms with van der Waals surface area (Å²) in [6.07, 6.45) is 6.25. The standard InChI is InChI=1S/C17H23NO3/c1-20-13-4-5-14(15(18)10-13)16(19)12-6-9-21-17(11-12)7-2-3-8-17/h4-5,10,12H,2-3,6-9,11,18H2,1H3. The lowest BCUT2D eigenvalue weighted by Gasteiger charge is -2.37. The zero-order valence-corrected chi connectivity index (χ0v) is 12.6. The van der Waals surface area contributed by atoms with Crippen molar-refractivity contribution in [2.24, 2.45) is 5.92 Å². The average Bonchev–Trinajstić information content (AvgIpc) is 2.94. The summed E-state index contributed by atoms with van der Waals surface area (Å²) in [5.41, 5.74) is 7.10. The molecule has 1 heterocycles. The lowest BCUT2D eigenvalue weighted by molar-refractivity contribution is -0.0866. The number of ether oxygens (including phenoxy) is 2. The summed E-state index contributed by atoms with van der Waals surface area (Å²) in [6.45, 7) is 0.687. The van der Waals surface area contributed by atoms with Gasteiger partial charge in [0.25, 0.3) is 0 Å². The van der Waals surface area contributed by atoms with Gasteiger partial charge in [-0.25, -0.2) is 0 Å². The van der Waals surface area contributed by atoms with Crippen molar-refractivity contribution in [2.75, 3.05) is 19.5 Å². The highest BCUT2D eigenvalue weighted by atomic mass is 16.5. The normalized spacial score (nSPS) is 24.1. The van der Waals surface area contributed by atoms with Crippen LogP contribution in [-0.2, 0) is 4.74 Å². The van der Waals surface area contributed by atoms with Crippen molar-refractivity contribution in [1.82, 2.24) is 0 Å². The van der Waals surface area contributed by atoms with Crippen molar-refractivity contribution in [2.45, 2.75) is 44.1 Å². The third-order valence-electron chi connectivity index (χ3n) is 4.90. The second kappa shape index (κ2) is 5.68. The maximum Gasteiger partial charge on any atom is 0.168 e. The van der Waals surface area contributed by atoms with Crippen LogP contribution in [0, 0.1) is 5.92 Å². The Morgan fingerprint density at radius 1 is 1.38 bits per heavy atom. The van der Waals surface area contributed by atoms with Gasteiger partial charge in [0, 0.05) is 29.8 Å². The van der Waals surface area contributed by atoms with Crippen LogP contribution in [0.15, 0.2) is 18.2 Å². The number of Topliss-reactive ketones (excluding diaryl/α,β-unsaturated/α-hetero) is 1. The fourth-order valence-electron chi connectivity index (χ4n) is 3.73. The van der Waals surface area contributed by atoms with Gasteiger partial charge in [0.15, 0.2) is 5.78 Å². The van der Waals surface area contributed by atoms with Crippen LogP contribution < -0.4 is 10.5 Å². The molecule has 114 valence electrons. The molecule has 3 rings (SSSR count). The van der Waals surface area contributed by atoms with E-state index in [2.05, 4.69) is 0 Å². The summed E-state index contributed by atoms with van der Waals surface area (Å²) >= 11 is 0. The number of anilines is 1. The minimum Gasteiger partial charge on any atom is -0.497 e. The first-order chi connectivity index (χ1) is 10.1. The summed E-state index contributed by atoms with van der Waals surface area (Å²) in [5.74, 6) is 0.876. The Kier molecular flexibility index (Phi) is 3.89. The van der Waals surface area contributed by atoms with Crippen LogP contribution in [0.25, 0.3) is 0 Å². The van der Waals surface area contributed by atoms with E-state index in [-0.39, 0.29) is 17.3 Å². The van der Waals surface area contributed by atoms with Gasteiger partial charge < -0.3 is 15.2 Å². The third kappa shape index (κ3) is 2.77. The molecule has 0 bridgehead atoms. The number of carbonyl (C=O) groups is 1. The number of hydrogen-bond donors (Lipinski definition) is 1. The Morgan fingerprint density at radius 3 is 2.81 bits per heavy atom. The van der Waals surface area contributed by atoms with Crippen LogP contribution >= 0.6 is 0 Å². The maximum absolute atomic E-state index is 12.8. The molecule has 1 aliphatic carbocycles. The molecule has 1 aromatic rings. The molecule has 1 aromatic carbocycles.